The summed E-state index contributed by atoms with van der Waals surface area (Å²) in [7, 11) is -3.39. The maximum Gasteiger partial charge on any atom is 0.234 e. The summed E-state index contributed by atoms with van der Waals surface area (Å²) in [5, 5.41) is 6.73. The van der Waals surface area contributed by atoms with Crippen LogP contribution in [0.3, 0.4) is 0 Å². The van der Waals surface area contributed by atoms with Crippen LogP contribution in [-0.2, 0) is 14.8 Å². The molecule has 2 rings (SSSR count). The molecule has 0 atom stereocenters. The lowest BCUT2D eigenvalue weighted by Gasteiger charge is -2.10. The van der Waals surface area contributed by atoms with Crippen LogP contribution in [0.1, 0.15) is 13.8 Å². The molecule has 2 aromatic rings. The number of nitrogens with zero attached hydrogens (tertiary/aromatic N) is 1. The van der Waals surface area contributed by atoms with Gasteiger partial charge in [0.1, 0.15) is 0 Å². The van der Waals surface area contributed by atoms with Gasteiger partial charge in [0.2, 0.25) is 10.0 Å². The smallest absolute Gasteiger partial charge is 0.234 e. The lowest BCUT2D eigenvalue weighted by molar-refractivity contribution is 0.0913. The molecule has 21 heavy (non-hydrogen) atoms. The first-order valence-electron chi connectivity index (χ1n) is 6.68. The van der Waals surface area contributed by atoms with E-state index >= 15 is 0 Å². The quantitative estimate of drug-likeness (QED) is 0.821. The maximum atomic E-state index is 11.9. The van der Waals surface area contributed by atoms with Gasteiger partial charge in [0, 0.05) is 11.9 Å². The van der Waals surface area contributed by atoms with Crippen molar-refractivity contribution in [3.05, 3.63) is 36.5 Å². The van der Waals surface area contributed by atoms with Gasteiger partial charge in [-0.05, 0) is 37.6 Å². The minimum atomic E-state index is -3.39. The zero-order valence-corrected chi connectivity index (χ0v) is 12.9. The van der Waals surface area contributed by atoms with Crippen molar-refractivity contribution in [2.45, 2.75) is 20.0 Å². The van der Waals surface area contributed by atoms with Crippen LogP contribution in [-0.4, -0.2) is 37.1 Å². The van der Waals surface area contributed by atoms with E-state index < -0.39 is 10.0 Å². The number of hydrogen-bond donors (Lipinski definition) is 2. The summed E-state index contributed by atoms with van der Waals surface area (Å²) in [6.45, 7) is 3.92. The van der Waals surface area contributed by atoms with E-state index in [4.69, 9.17) is 4.74 Å². The van der Waals surface area contributed by atoms with Gasteiger partial charge < -0.3 is 4.74 Å². The standard InChI is InChI=1S/C14H19N3O3S/c1-11(2)20-9-10-21(18,19)17-13-5-3-12(4-6-13)14-7-8-15-16-14/h3-8,11,17H,9-10H2,1-2H3,(H,15,16). The molecule has 0 radical (unpaired) electrons. The summed E-state index contributed by atoms with van der Waals surface area (Å²) < 4.78 is 31.6. The van der Waals surface area contributed by atoms with Crippen LogP contribution in [0.2, 0.25) is 0 Å². The average Bonchev–Trinajstić information content (AvgIpc) is 2.92. The second-order valence-corrected chi connectivity index (χ2v) is 6.73. The van der Waals surface area contributed by atoms with Crippen LogP contribution in [0, 0.1) is 0 Å². The van der Waals surface area contributed by atoms with Crippen molar-refractivity contribution in [3.8, 4) is 11.3 Å². The molecule has 0 fully saturated rings. The highest BCUT2D eigenvalue weighted by Crippen LogP contribution is 2.19. The van der Waals surface area contributed by atoms with Gasteiger partial charge in [-0.25, -0.2) is 8.42 Å². The Balaban J connectivity index is 1.96. The van der Waals surface area contributed by atoms with E-state index in [1.165, 1.54) is 0 Å². The number of ether oxygens (including phenoxy) is 1. The fraction of sp³-hybridized carbons (Fsp3) is 0.357. The van der Waals surface area contributed by atoms with E-state index in [1.54, 1.807) is 18.3 Å². The Morgan fingerprint density at radius 3 is 2.52 bits per heavy atom. The van der Waals surface area contributed by atoms with E-state index in [0.29, 0.717) is 5.69 Å². The third-order valence-electron chi connectivity index (χ3n) is 2.77. The molecule has 0 aliphatic heterocycles. The molecule has 0 aliphatic rings. The number of aromatic amines is 1. The first-order valence-corrected chi connectivity index (χ1v) is 8.33. The molecule has 0 spiro atoms. The van der Waals surface area contributed by atoms with Gasteiger partial charge >= 0.3 is 0 Å². The lowest BCUT2D eigenvalue weighted by atomic mass is 10.1. The van der Waals surface area contributed by atoms with Crippen molar-refractivity contribution >= 4 is 15.7 Å². The van der Waals surface area contributed by atoms with E-state index in [1.807, 2.05) is 32.0 Å². The Labute approximate surface area is 124 Å². The van der Waals surface area contributed by atoms with Crippen molar-refractivity contribution < 1.29 is 13.2 Å². The average molecular weight is 309 g/mol. The van der Waals surface area contributed by atoms with Crippen molar-refractivity contribution in [2.75, 3.05) is 17.1 Å². The van der Waals surface area contributed by atoms with Crippen molar-refractivity contribution in [3.63, 3.8) is 0 Å². The molecule has 7 heteroatoms. The number of aromatic nitrogens is 2. The molecule has 1 aromatic carbocycles. The second-order valence-electron chi connectivity index (χ2n) is 4.89. The van der Waals surface area contributed by atoms with E-state index in [2.05, 4.69) is 14.9 Å². The number of hydrogen-bond acceptors (Lipinski definition) is 4. The SMILES string of the molecule is CC(C)OCCS(=O)(=O)Nc1ccc(-c2ccn[nH]2)cc1. The summed E-state index contributed by atoms with van der Waals surface area (Å²) in [6.07, 6.45) is 1.69. The molecule has 0 saturated heterocycles. The minimum Gasteiger partial charge on any atom is -0.378 e. The predicted octanol–water partition coefficient (Wildman–Crippen LogP) is 2.24. The van der Waals surface area contributed by atoms with E-state index in [0.717, 1.165) is 11.3 Å². The topological polar surface area (TPSA) is 84.1 Å². The van der Waals surface area contributed by atoms with Crippen molar-refractivity contribution in [1.29, 1.82) is 0 Å². The van der Waals surface area contributed by atoms with Gasteiger partial charge in [-0.2, -0.15) is 5.10 Å². The van der Waals surface area contributed by atoms with Gasteiger partial charge in [0.25, 0.3) is 0 Å². The van der Waals surface area contributed by atoms with Crippen LogP contribution in [0.25, 0.3) is 11.3 Å². The van der Waals surface area contributed by atoms with Crippen molar-refractivity contribution in [2.24, 2.45) is 0 Å². The number of sulfonamides is 1. The Morgan fingerprint density at radius 1 is 1.24 bits per heavy atom. The van der Waals surface area contributed by atoms with E-state index in [9.17, 15) is 8.42 Å². The predicted molar refractivity (Wildman–Crippen MR) is 82.5 cm³/mol. The normalized spacial score (nSPS) is 11.8. The third kappa shape index (κ3) is 4.87. The Kier molecular flexibility index (Phi) is 4.98. The van der Waals surface area contributed by atoms with Crippen LogP contribution in [0.5, 0.6) is 0 Å². The third-order valence-corrected chi connectivity index (χ3v) is 4.02. The highest BCUT2D eigenvalue weighted by Gasteiger charge is 2.11. The van der Waals surface area contributed by atoms with Crippen LogP contribution in [0.15, 0.2) is 36.5 Å². The van der Waals surface area contributed by atoms with Gasteiger partial charge in [-0.1, -0.05) is 12.1 Å². The van der Waals surface area contributed by atoms with Gasteiger partial charge in [-0.3, -0.25) is 9.82 Å². The summed E-state index contributed by atoms with van der Waals surface area (Å²) in [5.74, 6) is -0.0620. The summed E-state index contributed by atoms with van der Waals surface area (Å²) in [6, 6.07) is 8.95. The number of rotatable bonds is 7. The first-order chi connectivity index (χ1) is 9.96. The van der Waals surface area contributed by atoms with Gasteiger partial charge in [0.15, 0.2) is 0 Å². The molecule has 0 saturated carbocycles. The molecule has 1 heterocycles. The van der Waals surface area contributed by atoms with Gasteiger partial charge in [-0.15, -0.1) is 0 Å². The largest absolute Gasteiger partial charge is 0.378 e. The van der Waals surface area contributed by atoms with Gasteiger partial charge in [0.05, 0.1) is 24.2 Å². The molecule has 0 aliphatic carbocycles. The number of H-pyrrole nitrogens is 1. The molecule has 1 aromatic heterocycles. The highest BCUT2D eigenvalue weighted by molar-refractivity contribution is 7.92. The monoisotopic (exact) mass is 309 g/mol. The minimum absolute atomic E-state index is 0.0221. The molecule has 2 N–H and O–H groups in total. The molecular weight excluding hydrogens is 290 g/mol. The van der Waals surface area contributed by atoms with Crippen LogP contribution < -0.4 is 4.72 Å². The number of anilines is 1. The van der Waals surface area contributed by atoms with Crippen LogP contribution >= 0.6 is 0 Å². The first kappa shape index (κ1) is 15.5. The Hall–Kier alpha value is -1.86. The molecule has 6 nitrogen and oxygen atoms in total. The zero-order valence-electron chi connectivity index (χ0n) is 12.0. The Bertz CT molecular complexity index is 649. The highest BCUT2D eigenvalue weighted by atomic mass is 32.2. The number of benzene rings is 1. The Morgan fingerprint density at radius 2 is 1.95 bits per heavy atom. The molecule has 0 unspecified atom stereocenters. The summed E-state index contributed by atoms with van der Waals surface area (Å²) in [5.41, 5.74) is 2.36. The second kappa shape index (κ2) is 6.73. The fourth-order valence-electron chi connectivity index (χ4n) is 1.76. The fourth-order valence-corrected chi connectivity index (χ4v) is 2.67. The summed E-state index contributed by atoms with van der Waals surface area (Å²) >= 11 is 0. The van der Waals surface area contributed by atoms with Crippen LogP contribution in [0.4, 0.5) is 5.69 Å². The van der Waals surface area contributed by atoms with Crippen molar-refractivity contribution in [1.82, 2.24) is 10.2 Å². The maximum absolute atomic E-state index is 11.9. The molecular formula is C14H19N3O3S. The zero-order chi connectivity index (χ0) is 15.3. The van der Waals surface area contributed by atoms with E-state index in [-0.39, 0.29) is 18.5 Å². The lowest BCUT2D eigenvalue weighted by Crippen LogP contribution is -2.21. The molecule has 0 bridgehead atoms. The molecule has 0 amide bonds. The molecule has 114 valence electrons. The summed E-state index contributed by atoms with van der Waals surface area (Å²) in [4.78, 5) is 0. The number of nitrogens with one attached hydrogen (secondary N) is 2.